The molecule has 0 heterocycles. The van der Waals surface area contributed by atoms with E-state index in [-0.39, 0.29) is 11.4 Å². The molecule has 18 heavy (non-hydrogen) atoms. The molecule has 0 radical (unpaired) electrons. The molecular weight excluding hydrogens is 226 g/mol. The van der Waals surface area contributed by atoms with E-state index in [1.165, 1.54) is 25.7 Å². The van der Waals surface area contributed by atoms with Gasteiger partial charge >= 0.3 is 0 Å². The molecule has 4 nitrogen and oxygen atoms in total. The van der Waals surface area contributed by atoms with E-state index in [1.807, 2.05) is 24.3 Å². The fourth-order valence-electron chi connectivity index (χ4n) is 2.62. The third-order valence-corrected chi connectivity index (χ3v) is 3.81. The van der Waals surface area contributed by atoms with Crippen LogP contribution in [0.5, 0.6) is 0 Å². The Hall–Kier alpha value is -1.55. The molecule has 1 aromatic carbocycles. The van der Waals surface area contributed by atoms with Gasteiger partial charge in [0.05, 0.1) is 0 Å². The van der Waals surface area contributed by atoms with Crippen LogP contribution in [-0.4, -0.2) is 16.6 Å². The van der Waals surface area contributed by atoms with Gasteiger partial charge in [-0.15, -0.1) is 0 Å². The van der Waals surface area contributed by atoms with E-state index in [2.05, 4.69) is 17.4 Å². The predicted molar refractivity (Wildman–Crippen MR) is 72.7 cm³/mol. The van der Waals surface area contributed by atoms with Gasteiger partial charge in [0, 0.05) is 17.6 Å². The summed E-state index contributed by atoms with van der Waals surface area (Å²) in [7, 11) is 0. The molecule has 2 rings (SSSR count). The Bertz CT molecular complexity index is 436. The molecular formula is C14H21N3O. The van der Waals surface area contributed by atoms with Crippen molar-refractivity contribution in [2.75, 3.05) is 0 Å². The highest BCUT2D eigenvalue weighted by molar-refractivity contribution is 5.98. The number of oxime groups is 1. The van der Waals surface area contributed by atoms with Crippen LogP contribution in [0.25, 0.3) is 0 Å². The van der Waals surface area contributed by atoms with Crippen molar-refractivity contribution in [3.8, 4) is 0 Å². The van der Waals surface area contributed by atoms with Crippen molar-refractivity contribution in [2.45, 2.75) is 44.7 Å². The third kappa shape index (κ3) is 2.82. The molecule has 1 aromatic rings. The average molecular weight is 247 g/mol. The maximum Gasteiger partial charge on any atom is 0.170 e. The summed E-state index contributed by atoms with van der Waals surface area (Å²) >= 11 is 0. The monoisotopic (exact) mass is 247 g/mol. The molecule has 4 heteroatoms. The molecule has 0 bridgehead atoms. The molecule has 0 aromatic heterocycles. The van der Waals surface area contributed by atoms with Crippen LogP contribution < -0.4 is 11.1 Å². The summed E-state index contributed by atoms with van der Waals surface area (Å²) in [6.07, 6.45) is 5.04. The minimum atomic E-state index is 0.170. The summed E-state index contributed by atoms with van der Waals surface area (Å²) in [4.78, 5) is 0. The summed E-state index contributed by atoms with van der Waals surface area (Å²) in [5, 5.41) is 15.5. The van der Waals surface area contributed by atoms with E-state index < -0.39 is 0 Å². The first-order chi connectivity index (χ1) is 8.64. The highest BCUT2D eigenvalue weighted by Gasteiger charge is 2.27. The lowest BCUT2D eigenvalue weighted by molar-refractivity contribution is 0.318. The number of amidine groups is 1. The Morgan fingerprint density at radius 1 is 1.39 bits per heavy atom. The van der Waals surface area contributed by atoms with Gasteiger partial charge in [0.15, 0.2) is 5.84 Å². The quantitative estimate of drug-likeness (QED) is 0.330. The number of rotatable bonds is 4. The van der Waals surface area contributed by atoms with Crippen molar-refractivity contribution in [2.24, 2.45) is 10.9 Å². The SMILES string of the molecule is CC1(NCc2ccccc2/C(N)=N/O)CCCC1. The fraction of sp³-hybridized carbons (Fsp3) is 0.500. The number of hydrogen-bond donors (Lipinski definition) is 3. The third-order valence-electron chi connectivity index (χ3n) is 3.81. The van der Waals surface area contributed by atoms with Crippen LogP contribution in [-0.2, 0) is 6.54 Å². The topological polar surface area (TPSA) is 70.6 Å². The van der Waals surface area contributed by atoms with Gasteiger partial charge in [-0.3, -0.25) is 0 Å². The van der Waals surface area contributed by atoms with E-state index in [0.29, 0.717) is 0 Å². The highest BCUT2D eigenvalue weighted by atomic mass is 16.4. The van der Waals surface area contributed by atoms with Crippen molar-refractivity contribution in [1.82, 2.24) is 5.32 Å². The number of hydrogen-bond acceptors (Lipinski definition) is 3. The lowest BCUT2D eigenvalue weighted by atomic mass is 9.99. The van der Waals surface area contributed by atoms with Crippen molar-refractivity contribution in [3.05, 3.63) is 35.4 Å². The van der Waals surface area contributed by atoms with Crippen molar-refractivity contribution in [1.29, 1.82) is 0 Å². The first kappa shape index (κ1) is 12.9. The molecule has 1 aliphatic carbocycles. The van der Waals surface area contributed by atoms with E-state index in [1.54, 1.807) is 0 Å². The lowest BCUT2D eigenvalue weighted by Gasteiger charge is -2.26. The molecule has 0 saturated heterocycles. The zero-order chi connectivity index (χ0) is 13.0. The van der Waals surface area contributed by atoms with Crippen LogP contribution in [0.2, 0.25) is 0 Å². The van der Waals surface area contributed by atoms with Crippen molar-refractivity contribution >= 4 is 5.84 Å². The van der Waals surface area contributed by atoms with Crippen LogP contribution >= 0.6 is 0 Å². The van der Waals surface area contributed by atoms with E-state index in [0.717, 1.165) is 17.7 Å². The largest absolute Gasteiger partial charge is 0.409 e. The number of nitrogens with zero attached hydrogens (tertiary/aromatic N) is 1. The Morgan fingerprint density at radius 2 is 2.06 bits per heavy atom. The molecule has 0 unspecified atom stereocenters. The molecule has 0 aliphatic heterocycles. The second-order valence-electron chi connectivity index (χ2n) is 5.26. The van der Waals surface area contributed by atoms with Gasteiger partial charge in [-0.2, -0.15) is 0 Å². The van der Waals surface area contributed by atoms with Gasteiger partial charge < -0.3 is 16.3 Å². The summed E-state index contributed by atoms with van der Waals surface area (Å²) in [5.74, 6) is 0.170. The Labute approximate surface area is 108 Å². The first-order valence-electron chi connectivity index (χ1n) is 6.45. The second-order valence-corrected chi connectivity index (χ2v) is 5.26. The molecule has 4 N–H and O–H groups in total. The van der Waals surface area contributed by atoms with Crippen molar-refractivity contribution in [3.63, 3.8) is 0 Å². The van der Waals surface area contributed by atoms with Crippen LogP contribution in [0, 0.1) is 0 Å². The summed E-state index contributed by atoms with van der Waals surface area (Å²) in [6.45, 7) is 3.02. The highest BCUT2D eigenvalue weighted by Crippen LogP contribution is 2.29. The van der Waals surface area contributed by atoms with E-state index in [9.17, 15) is 0 Å². The summed E-state index contributed by atoms with van der Waals surface area (Å²) in [6, 6.07) is 7.76. The molecule has 1 saturated carbocycles. The van der Waals surface area contributed by atoms with Crippen LogP contribution in [0.3, 0.4) is 0 Å². The predicted octanol–water partition coefficient (Wildman–Crippen LogP) is 2.20. The summed E-state index contributed by atoms with van der Waals surface area (Å²) in [5.41, 5.74) is 7.79. The standard InChI is InChI=1S/C14H21N3O/c1-14(8-4-5-9-14)16-10-11-6-2-3-7-12(11)13(15)17-18/h2-3,6-7,16,18H,4-5,8-10H2,1H3,(H2,15,17). The molecule has 1 fully saturated rings. The van der Waals surface area contributed by atoms with Crippen molar-refractivity contribution < 1.29 is 5.21 Å². The van der Waals surface area contributed by atoms with Gasteiger partial charge in [-0.1, -0.05) is 42.3 Å². The average Bonchev–Trinajstić information content (AvgIpc) is 2.83. The zero-order valence-electron chi connectivity index (χ0n) is 10.8. The summed E-state index contributed by atoms with van der Waals surface area (Å²) < 4.78 is 0. The fourth-order valence-corrected chi connectivity index (χ4v) is 2.62. The van der Waals surface area contributed by atoms with Gasteiger partial charge in [0.1, 0.15) is 0 Å². The van der Waals surface area contributed by atoms with Gasteiger partial charge in [0.25, 0.3) is 0 Å². The molecule has 1 aliphatic rings. The molecule has 0 atom stereocenters. The minimum Gasteiger partial charge on any atom is -0.409 e. The normalized spacial score (nSPS) is 19.1. The zero-order valence-corrected chi connectivity index (χ0v) is 10.8. The Morgan fingerprint density at radius 3 is 2.72 bits per heavy atom. The number of nitrogens with one attached hydrogen (secondary N) is 1. The second kappa shape index (κ2) is 5.40. The maximum absolute atomic E-state index is 8.79. The number of benzene rings is 1. The maximum atomic E-state index is 8.79. The van der Waals surface area contributed by atoms with Gasteiger partial charge in [-0.05, 0) is 25.3 Å². The smallest absolute Gasteiger partial charge is 0.170 e. The van der Waals surface area contributed by atoms with Crippen LogP contribution in [0.15, 0.2) is 29.4 Å². The van der Waals surface area contributed by atoms with Crippen LogP contribution in [0.1, 0.15) is 43.7 Å². The van der Waals surface area contributed by atoms with E-state index in [4.69, 9.17) is 10.9 Å². The van der Waals surface area contributed by atoms with Gasteiger partial charge in [0.2, 0.25) is 0 Å². The van der Waals surface area contributed by atoms with Crippen LogP contribution in [0.4, 0.5) is 0 Å². The van der Waals surface area contributed by atoms with Gasteiger partial charge in [-0.25, -0.2) is 0 Å². The lowest BCUT2D eigenvalue weighted by Crippen LogP contribution is -2.39. The molecule has 0 amide bonds. The Kier molecular flexibility index (Phi) is 3.87. The minimum absolute atomic E-state index is 0.170. The first-order valence-corrected chi connectivity index (χ1v) is 6.45. The van der Waals surface area contributed by atoms with E-state index >= 15 is 0 Å². The molecule has 98 valence electrons. The number of nitrogens with two attached hydrogens (primary N) is 1. The Balaban J connectivity index is 2.09. The molecule has 0 spiro atoms.